The average Bonchev–Trinajstić information content (AvgIpc) is 2.71. The van der Waals surface area contributed by atoms with Crippen molar-refractivity contribution in [2.24, 2.45) is 5.92 Å². The summed E-state index contributed by atoms with van der Waals surface area (Å²) in [4.78, 5) is 14.5. The fourth-order valence-electron chi connectivity index (χ4n) is 2.90. The second-order valence-corrected chi connectivity index (χ2v) is 5.41. The zero-order valence-electron chi connectivity index (χ0n) is 12.3. The van der Waals surface area contributed by atoms with E-state index in [2.05, 4.69) is 12.2 Å². The van der Waals surface area contributed by atoms with E-state index in [1.807, 2.05) is 4.90 Å². The first-order valence-corrected chi connectivity index (χ1v) is 7.43. The van der Waals surface area contributed by atoms with Gasteiger partial charge in [-0.2, -0.15) is 0 Å². The Hall–Kier alpha value is -1.58. The maximum absolute atomic E-state index is 13.7. The van der Waals surface area contributed by atoms with Crippen LogP contribution in [0.15, 0.2) is 18.2 Å². The van der Waals surface area contributed by atoms with E-state index in [0.717, 1.165) is 25.9 Å². The summed E-state index contributed by atoms with van der Waals surface area (Å²) in [5.74, 6) is 0.272. The Bertz CT molecular complexity index is 476. The van der Waals surface area contributed by atoms with Gasteiger partial charge in [-0.1, -0.05) is 19.4 Å². The number of carbonyl (C=O) groups excluding carboxylic acids is 1. The minimum absolute atomic E-state index is 0.0643. The number of para-hydroxylation sites is 1. The smallest absolute Gasteiger partial charge is 0.256 e. The fraction of sp³-hybridized carbons (Fsp3) is 0.562. The predicted octanol–water partition coefficient (Wildman–Crippen LogP) is 3.52. The minimum atomic E-state index is -0.375. The molecule has 0 bridgehead atoms. The van der Waals surface area contributed by atoms with Crippen molar-refractivity contribution < 1.29 is 9.18 Å². The molecule has 2 rings (SSSR count). The number of nitrogens with one attached hydrogen (secondary N) is 1. The summed E-state index contributed by atoms with van der Waals surface area (Å²) >= 11 is 0. The van der Waals surface area contributed by atoms with E-state index in [0.29, 0.717) is 17.2 Å². The lowest BCUT2D eigenvalue weighted by Gasteiger charge is -2.22. The third-order valence-electron chi connectivity index (χ3n) is 4.21. The summed E-state index contributed by atoms with van der Waals surface area (Å²) in [5.41, 5.74) is 0.733. The third kappa shape index (κ3) is 3.11. The monoisotopic (exact) mass is 278 g/mol. The zero-order valence-corrected chi connectivity index (χ0v) is 12.3. The van der Waals surface area contributed by atoms with E-state index in [-0.39, 0.29) is 11.7 Å². The molecule has 1 N–H and O–H groups in total. The van der Waals surface area contributed by atoms with Gasteiger partial charge in [0.15, 0.2) is 0 Å². The lowest BCUT2D eigenvalue weighted by Crippen LogP contribution is -2.32. The Balaban J connectivity index is 2.17. The molecule has 0 aromatic heterocycles. The normalized spacial score (nSPS) is 19.6. The summed E-state index contributed by atoms with van der Waals surface area (Å²) in [6, 6.07) is 4.66. The first-order valence-electron chi connectivity index (χ1n) is 7.43. The van der Waals surface area contributed by atoms with Crippen molar-refractivity contribution >= 4 is 11.6 Å². The van der Waals surface area contributed by atoms with Crippen molar-refractivity contribution in [3.63, 3.8) is 0 Å². The highest BCUT2D eigenvalue weighted by Gasteiger charge is 2.23. The molecule has 1 amide bonds. The van der Waals surface area contributed by atoms with Gasteiger partial charge in [-0.25, -0.2) is 4.39 Å². The Labute approximate surface area is 120 Å². The number of hydrogen-bond donors (Lipinski definition) is 1. The van der Waals surface area contributed by atoms with E-state index >= 15 is 0 Å². The van der Waals surface area contributed by atoms with Crippen molar-refractivity contribution in [3.05, 3.63) is 29.6 Å². The lowest BCUT2D eigenvalue weighted by atomic mass is 9.98. The molecule has 1 fully saturated rings. The van der Waals surface area contributed by atoms with Gasteiger partial charge in [0, 0.05) is 20.1 Å². The number of carbonyl (C=O) groups is 1. The zero-order chi connectivity index (χ0) is 14.5. The SMILES string of the molecule is CCC1CCCN(C(=O)c2cccc(F)c2NC)CC1. The fourth-order valence-corrected chi connectivity index (χ4v) is 2.90. The number of nitrogens with zero attached hydrogens (tertiary/aromatic N) is 1. The van der Waals surface area contributed by atoms with Crippen LogP contribution in [-0.4, -0.2) is 30.9 Å². The van der Waals surface area contributed by atoms with Crippen molar-refractivity contribution in [2.75, 3.05) is 25.5 Å². The summed E-state index contributed by atoms with van der Waals surface area (Å²) in [7, 11) is 1.64. The standard InChI is InChI=1S/C16H23FN2O/c1-3-12-6-5-10-19(11-9-12)16(20)13-7-4-8-14(17)15(13)18-2/h4,7-8,12,18H,3,5-6,9-11H2,1-2H3. The summed E-state index contributed by atoms with van der Waals surface area (Å²) in [6.07, 6.45) is 4.44. The van der Waals surface area contributed by atoms with Crippen molar-refractivity contribution in [1.82, 2.24) is 4.90 Å². The molecule has 1 aliphatic heterocycles. The number of anilines is 1. The van der Waals surface area contributed by atoms with Gasteiger partial charge in [-0.15, -0.1) is 0 Å². The molecule has 20 heavy (non-hydrogen) atoms. The van der Waals surface area contributed by atoms with Gasteiger partial charge in [0.1, 0.15) is 5.82 Å². The second kappa shape index (κ2) is 6.73. The predicted molar refractivity (Wildman–Crippen MR) is 79.5 cm³/mol. The molecule has 0 radical (unpaired) electrons. The molecule has 1 aliphatic rings. The van der Waals surface area contributed by atoms with Gasteiger partial charge >= 0.3 is 0 Å². The van der Waals surface area contributed by atoms with Gasteiger partial charge in [0.05, 0.1) is 11.3 Å². The van der Waals surface area contributed by atoms with Crippen molar-refractivity contribution in [3.8, 4) is 0 Å². The van der Waals surface area contributed by atoms with Gasteiger partial charge in [0.2, 0.25) is 0 Å². The Morgan fingerprint density at radius 2 is 2.20 bits per heavy atom. The van der Waals surface area contributed by atoms with Crippen LogP contribution in [0.5, 0.6) is 0 Å². The first kappa shape index (κ1) is 14.8. The molecule has 0 spiro atoms. The summed E-state index contributed by atoms with van der Waals surface area (Å²) < 4.78 is 13.7. The van der Waals surface area contributed by atoms with E-state index in [1.54, 1.807) is 19.2 Å². The highest BCUT2D eigenvalue weighted by Crippen LogP contribution is 2.24. The first-order chi connectivity index (χ1) is 9.67. The van der Waals surface area contributed by atoms with Crippen LogP contribution in [0.1, 0.15) is 43.0 Å². The maximum atomic E-state index is 13.7. The number of rotatable bonds is 3. The van der Waals surface area contributed by atoms with Crippen LogP contribution in [0, 0.1) is 11.7 Å². The molecule has 1 aromatic carbocycles. The molecular formula is C16H23FN2O. The van der Waals surface area contributed by atoms with Gasteiger partial charge in [-0.3, -0.25) is 4.79 Å². The average molecular weight is 278 g/mol. The Morgan fingerprint density at radius 3 is 2.90 bits per heavy atom. The number of likely N-dealkylation sites (tertiary alicyclic amines) is 1. The van der Waals surface area contributed by atoms with Crippen LogP contribution in [0.2, 0.25) is 0 Å². The van der Waals surface area contributed by atoms with Crippen LogP contribution >= 0.6 is 0 Å². The van der Waals surface area contributed by atoms with E-state index < -0.39 is 0 Å². The molecule has 1 saturated heterocycles. The van der Waals surface area contributed by atoms with Crippen LogP contribution in [-0.2, 0) is 0 Å². The van der Waals surface area contributed by atoms with E-state index in [1.165, 1.54) is 18.9 Å². The molecule has 3 nitrogen and oxygen atoms in total. The highest BCUT2D eigenvalue weighted by atomic mass is 19.1. The number of halogens is 1. The number of amides is 1. The molecule has 110 valence electrons. The molecule has 0 saturated carbocycles. The van der Waals surface area contributed by atoms with Crippen molar-refractivity contribution in [1.29, 1.82) is 0 Å². The Kier molecular flexibility index (Phi) is 4.99. The molecule has 1 aromatic rings. The van der Waals surface area contributed by atoms with Gasteiger partial charge < -0.3 is 10.2 Å². The van der Waals surface area contributed by atoms with E-state index in [9.17, 15) is 9.18 Å². The molecule has 1 unspecified atom stereocenters. The molecular weight excluding hydrogens is 255 g/mol. The largest absolute Gasteiger partial charge is 0.385 e. The van der Waals surface area contributed by atoms with Crippen LogP contribution in [0.25, 0.3) is 0 Å². The van der Waals surface area contributed by atoms with Gasteiger partial charge in [0.25, 0.3) is 5.91 Å². The Morgan fingerprint density at radius 1 is 1.40 bits per heavy atom. The summed E-state index contributed by atoms with van der Waals surface area (Å²) in [5, 5.41) is 2.80. The highest BCUT2D eigenvalue weighted by molar-refractivity contribution is 5.99. The molecule has 4 heteroatoms. The van der Waals surface area contributed by atoms with Gasteiger partial charge in [-0.05, 0) is 37.3 Å². The topological polar surface area (TPSA) is 32.3 Å². The van der Waals surface area contributed by atoms with Crippen molar-refractivity contribution in [2.45, 2.75) is 32.6 Å². The quantitative estimate of drug-likeness (QED) is 0.917. The number of hydrogen-bond acceptors (Lipinski definition) is 2. The molecule has 1 atom stereocenters. The molecule has 0 aliphatic carbocycles. The lowest BCUT2D eigenvalue weighted by molar-refractivity contribution is 0.0760. The maximum Gasteiger partial charge on any atom is 0.256 e. The third-order valence-corrected chi connectivity index (χ3v) is 4.21. The van der Waals surface area contributed by atoms with Crippen LogP contribution in [0.4, 0.5) is 10.1 Å². The summed E-state index contributed by atoms with van der Waals surface area (Å²) in [6.45, 7) is 3.75. The van der Waals surface area contributed by atoms with Crippen LogP contribution < -0.4 is 5.32 Å². The molecule has 1 heterocycles. The second-order valence-electron chi connectivity index (χ2n) is 5.41. The van der Waals surface area contributed by atoms with Crippen LogP contribution in [0.3, 0.4) is 0 Å². The number of benzene rings is 1. The minimum Gasteiger partial charge on any atom is -0.385 e. The van der Waals surface area contributed by atoms with E-state index in [4.69, 9.17) is 0 Å².